The highest BCUT2D eigenvalue weighted by atomic mass is 16.5. The number of anilines is 1. The minimum atomic E-state index is -0.314. The summed E-state index contributed by atoms with van der Waals surface area (Å²) in [5.74, 6) is -0.314. The minimum Gasteiger partial charge on any atom is -0.465 e. The van der Waals surface area contributed by atoms with Gasteiger partial charge in [0.1, 0.15) is 0 Å². The molecule has 2 aromatic rings. The Morgan fingerprint density at radius 1 is 1.10 bits per heavy atom. The molecule has 0 bridgehead atoms. The van der Waals surface area contributed by atoms with E-state index in [2.05, 4.69) is 42.1 Å². The van der Waals surface area contributed by atoms with Gasteiger partial charge in [-0.25, -0.2) is 4.79 Å². The van der Waals surface area contributed by atoms with E-state index in [9.17, 15) is 4.79 Å². The first-order chi connectivity index (χ1) is 9.60. The van der Waals surface area contributed by atoms with Crippen molar-refractivity contribution in [2.24, 2.45) is 0 Å². The van der Waals surface area contributed by atoms with Gasteiger partial charge in [0.05, 0.1) is 12.7 Å². The van der Waals surface area contributed by atoms with Gasteiger partial charge < -0.3 is 10.1 Å². The molecule has 2 aromatic carbocycles. The van der Waals surface area contributed by atoms with Crippen LogP contribution in [0.25, 0.3) is 0 Å². The van der Waals surface area contributed by atoms with Crippen LogP contribution in [0, 0.1) is 13.8 Å². The largest absolute Gasteiger partial charge is 0.465 e. The highest BCUT2D eigenvalue weighted by Crippen LogP contribution is 2.15. The Bertz CT molecular complexity index is 603. The summed E-state index contributed by atoms with van der Waals surface area (Å²) in [4.78, 5) is 11.3. The second-order valence-electron chi connectivity index (χ2n) is 4.85. The zero-order valence-corrected chi connectivity index (χ0v) is 12.1. The Hall–Kier alpha value is -2.29. The molecular weight excluding hydrogens is 250 g/mol. The van der Waals surface area contributed by atoms with Crippen molar-refractivity contribution >= 4 is 11.7 Å². The summed E-state index contributed by atoms with van der Waals surface area (Å²) in [5.41, 5.74) is 5.37. The molecule has 0 aliphatic carbocycles. The van der Waals surface area contributed by atoms with Gasteiger partial charge in [0.25, 0.3) is 0 Å². The molecule has 0 aliphatic rings. The first-order valence-corrected chi connectivity index (χ1v) is 6.58. The van der Waals surface area contributed by atoms with E-state index in [1.54, 1.807) is 12.1 Å². The number of esters is 1. The highest BCUT2D eigenvalue weighted by molar-refractivity contribution is 5.89. The number of carbonyl (C=O) groups excluding carboxylic acids is 1. The lowest BCUT2D eigenvalue weighted by Gasteiger charge is -2.10. The maximum absolute atomic E-state index is 11.3. The Morgan fingerprint density at radius 2 is 1.80 bits per heavy atom. The Kier molecular flexibility index (Phi) is 4.41. The van der Waals surface area contributed by atoms with Gasteiger partial charge in [-0.2, -0.15) is 0 Å². The Morgan fingerprint density at radius 3 is 2.40 bits per heavy atom. The van der Waals surface area contributed by atoms with Crippen molar-refractivity contribution in [3.8, 4) is 0 Å². The summed E-state index contributed by atoms with van der Waals surface area (Å²) in [7, 11) is 1.38. The molecule has 0 aliphatic heterocycles. The van der Waals surface area contributed by atoms with Gasteiger partial charge in [-0.15, -0.1) is 0 Å². The molecule has 1 N–H and O–H groups in total. The fourth-order valence-electron chi connectivity index (χ4n) is 2.08. The molecule has 104 valence electrons. The SMILES string of the molecule is COC(=O)c1ccc(NCc2ccc(C)cc2C)cc1. The van der Waals surface area contributed by atoms with Gasteiger partial charge in [-0.05, 0) is 49.2 Å². The molecule has 0 amide bonds. The zero-order valence-electron chi connectivity index (χ0n) is 12.1. The summed E-state index contributed by atoms with van der Waals surface area (Å²) in [6, 6.07) is 13.7. The van der Waals surface area contributed by atoms with Crippen LogP contribution in [-0.4, -0.2) is 13.1 Å². The fraction of sp³-hybridized carbons (Fsp3) is 0.235. The fourth-order valence-corrected chi connectivity index (χ4v) is 2.08. The van der Waals surface area contributed by atoms with Crippen LogP contribution >= 0.6 is 0 Å². The standard InChI is InChI=1S/C17H19NO2/c1-12-4-5-15(13(2)10-12)11-18-16-8-6-14(7-9-16)17(19)20-3/h4-10,18H,11H2,1-3H3. The number of hydrogen-bond donors (Lipinski definition) is 1. The van der Waals surface area contributed by atoms with Crippen LogP contribution in [0.5, 0.6) is 0 Å². The van der Waals surface area contributed by atoms with E-state index in [1.165, 1.54) is 23.8 Å². The molecule has 0 radical (unpaired) electrons. The molecule has 20 heavy (non-hydrogen) atoms. The lowest BCUT2D eigenvalue weighted by molar-refractivity contribution is 0.0601. The van der Waals surface area contributed by atoms with Crippen molar-refractivity contribution in [1.29, 1.82) is 0 Å². The summed E-state index contributed by atoms with van der Waals surface area (Å²) < 4.78 is 4.67. The first-order valence-electron chi connectivity index (χ1n) is 6.58. The predicted molar refractivity (Wildman–Crippen MR) is 81.0 cm³/mol. The molecule has 0 saturated heterocycles. The summed E-state index contributed by atoms with van der Waals surface area (Å²) in [5, 5.41) is 3.35. The number of methoxy groups -OCH3 is 1. The highest BCUT2D eigenvalue weighted by Gasteiger charge is 2.04. The number of nitrogens with one attached hydrogen (secondary N) is 1. The van der Waals surface area contributed by atoms with Crippen molar-refractivity contribution < 1.29 is 9.53 Å². The smallest absolute Gasteiger partial charge is 0.337 e. The topological polar surface area (TPSA) is 38.3 Å². The Labute approximate surface area is 119 Å². The third-order valence-corrected chi connectivity index (χ3v) is 3.29. The molecule has 0 heterocycles. The van der Waals surface area contributed by atoms with Crippen molar-refractivity contribution in [2.75, 3.05) is 12.4 Å². The van der Waals surface area contributed by atoms with Gasteiger partial charge in [0.15, 0.2) is 0 Å². The van der Waals surface area contributed by atoms with E-state index in [0.29, 0.717) is 5.56 Å². The summed E-state index contributed by atoms with van der Waals surface area (Å²) in [6.45, 7) is 4.98. The average Bonchev–Trinajstić information content (AvgIpc) is 2.46. The molecule has 0 unspecified atom stereocenters. The molecule has 0 aromatic heterocycles. The van der Waals surface area contributed by atoms with E-state index in [0.717, 1.165) is 12.2 Å². The van der Waals surface area contributed by atoms with Crippen molar-refractivity contribution in [3.63, 3.8) is 0 Å². The second-order valence-corrected chi connectivity index (χ2v) is 4.85. The summed E-state index contributed by atoms with van der Waals surface area (Å²) >= 11 is 0. The third kappa shape index (κ3) is 3.38. The molecule has 0 spiro atoms. The molecule has 3 heteroatoms. The number of rotatable bonds is 4. The predicted octanol–water partition coefficient (Wildman–Crippen LogP) is 3.70. The number of ether oxygens (including phenoxy) is 1. The number of benzene rings is 2. The minimum absolute atomic E-state index is 0.314. The normalized spacial score (nSPS) is 10.2. The third-order valence-electron chi connectivity index (χ3n) is 3.29. The van der Waals surface area contributed by atoms with Crippen LogP contribution in [0.4, 0.5) is 5.69 Å². The number of hydrogen-bond acceptors (Lipinski definition) is 3. The van der Waals surface area contributed by atoms with Crippen molar-refractivity contribution in [1.82, 2.24) is 0 Å². The van der Waals surface area contributed by atoms with E-state index >= 15 is 0 Å². The molecular formula is C17H19NO2. The van der Waals surface area contributed by atoms with Crippen molar-refractivity contribution in [2.45, 2.75) is 20.4 Å². The second kappa shape index (κ2) is 6.24. The van der Waals surface area contributed by atoms with E-state index in [-0.39, 0.29) is 5.97 Å². The molecule has 3 nitrogen and oxygen atoms in total. The van der Waals surface area contributed by atoms with Crippen LogP contribution in [-0.2, 0) is 11.3 Å². The zero-order chi connectivity index (χ0) is 14.5. The van der Waals surface area contributed by atoms with Gasteiger partial charge >= 0.3 is 5.97 Å². The number of carbonyl (C=O) groups is 1. The lowest BCUT2D eigenvalue weighted by Crippen LogP contribution is -2.03. The Balaban J connectivity index is 2.02. The van der Waals surface area contributed by atoms with Crippen LogP contribution in [0.1, 0.15) is 27.0 Å². The van der Waals surface area contributed by atoms with Crippen molar-refractivity contribution in [3.05, 3.63) is 64.7 Å². The quantitative estimate of drug-likeness (QED) is 0.860. The van der Waals surface area contributed by atoms with Gasteiger partial charge in [0, 0.05) is 12.2 Å². The molecule has 0 fully saturated rings. The van der Waals surface area contributed by atoms with Crippen LogP contribution in [0.3, 0.4) is 0 Å². The van der Waals surface area contributed by atoms with E-state index < -0.39 is 0 Å². The van der Waals surface area contributed by atoms with Gasteiger partial charge in [0.2, 0.25) is 0 Å². The van der Waals surface area contributed by atoms with Gasteiger partial charge in [-0.3, -0.25) is 0 Å². The maximum atomic E-state index is 11.3. The molecule has 0 atom stereocenters. The van der Waals surface area contributed by atoms with Crippen LogP contribution in [0.2, 0.25) is 0 Å². The number of aryl methyl sites for hydroxylation is 2. The van der Waals surface area contributed by atoms with E-state index in [1.807, 2.05) is 12.1 Å². The van der Waals surface area contributed by atoms with Gasteiger partial charge in [-0.1, -0.05) is 23.8 Å². The van der Waals surface area contributed by atoms with Crippen LogP contribution < -0.4 is 5.32 Å². The maximum Gasteiger partial charge on any atom is 0.337 e. The molecule has 2 rings (SSSR count). The van der Waals surface area contributed by atoms with E-state index in [4.69, 9.17) is 0 Å². The lowest BCUT2D eigenvalue weighted by atomic mass is 10.1. The first kappa shape index (κ1) is 14.1. The van der Waals surface area contributed by atoms with Crippen LogP contribution in [0.15, 0.2) is 42.5 Å². The summed E-state index contributed by atoms with van der Waals surface area (Å²) in [6.07, 6.45) is 0. The molecule has 0 saturated carbocycles. The monoisotopic (exact) mass is 269 g/mol. The average molecular weight is 269 g/mol.